The van der Waals surface area contributed by atoms with Gasteiger partial charge in [-0.05, 0) is 56.4 Å². The van der Waals surface area contributed by atoms with Crippen LogP contribution in [0.15, 0.2) is 11.1 Å². The molecule has 1 saturated heterocycles. The fraction of sp³-hybridized carbons (Fsp3) is 0.667. The van der Waals surface area contributed by atoms with Crippen molar-refractivity contribution >= 4 is 27.5 Å². The third-order valence-electron chi connectivity index (χ3n) is 6.50. The summed E-state index contributed by atoms with van der Waals surface area (Å²) in [5.41, 5.74) is 1.40. The number of likely N-dealkylation sites (tertiary alicyclic amines) is 1. The lowest BCUT2D eigenvalue weighted by atomic mass is 9.89. The zero-order valence-corrected chi connectivity index (χ0v) is 17.3. The molecule has 0 spiro atoms. The van der Waals surface area contributed by atoms with Crippen LogP contribution in [0.2, 0.25) is 0 Å². The predicted molar refractivity (Wildman–Crippen MR) is 111 cm³/mol. The van der Waals surface area contributed by atoms with Crippen molar-refractivity contribution in [2.75, 3.05) is 19.6 Å². The standard InChI is InChI=1S/C21H28N4O2S/c1-13-2-5-16-17(10-13)28-20-19(16)21(27)25(12-22-20)15-6-8-24(9-7-15)11-18(26)23-14-3-4-14/h12-15H,2-11H2,1H3,(H,23,26)/t13-/m1/s1. The summed E-state index contributed by atoms with van der Waals surface area (Å²) < 4.78 is 1.87. The Morgan fingerprint density at radius 1 is 1.25 bits per heavy atom. The second-order valence-electron chi connectivity index (χ2n) is 8.84. The van der Waals surface area contributed by atoms with E-state index in [-0.39, 0.29) is 17.5 Å². The van der Waals surface area contributed by atoms with E-state index in [9.17, 15) is 9.59 Å². The Hall–Kier alpha value is -1.73. The Labute approximate surface area is 168 Å². The fourth-order valence-electron chi connectivity index (χ4n) is 4.66. The second kappa shape index (κ2) is 7.26. The van der Waals surface area contributed by atoms with E-state index in [0.717, 1.165) is 68.3 Å². The first-order valence-corrected chi connectivity index (χ1v) is 11.4. The van der Waals surface area contributed by atoms with Crippen LogP contribution in [-0.2, 0) is 17.6 Å². The zero-order valence-electron chi connectivity index (χ0n) is 16.4. The molecule has 0 unspecified atom stereocenters. The van der Waals surface area contributed by atoms with Crippen LogP contribution in [0, 0.1) is 5.92 Å². The van der Waals surface area contributed by atoms with Crippen molar-refractivity contribution in [2.45, 2.75) is 64.0 Å². The Balaban J connectivity index is 1.31. The van der Waals surface area contributed by atoms with Gasteiger partial charge in [-0.15, -0.1) is 11.3 Å². The number of hydrogen-bond acceptors (Lipinski definition) is 5. The van der Waals surface area contributed by atoms with E-state index in [1.807, 2.05) is 4.57 Å². The van der Waals surface area contributed by atoms with Gasteiger partial charge in [0.2, 0.25) is 5.91 Å². The van der Waals surface area contributed by atoms with E-state index in [2.05, 4.69) is 22.1 Å². The first kappa shape index (κ1) is 18.3. The molecule has 1 atom stereocenters. The number of fused-ring (bicyclic) bond motifs is 3. The summed E-state index contributed by atoms with van der Waals surface area (Å²) in [6, 6.07) is 0.603. The number of rotatable bonds is 4. The van der Waals surface area contributed by atoms with Crippen molar-refractivity contribution in [3.63, 3.8) is 0 Å². The molecular formula is C21H28N4O2S. The van der Waals surface area contributed by atoms with Crippen LogP contribution in [0.3, 0.4) is 0 Å². The van der Waals surface area contributed by atoms with E-state index >= 15 is 0 Å². The van der Waals surface area contributed by atoms with Crippen molar-refractivity contribution < 1.29 is 4.79 Å². The van der Waals surface area contributed by atoms with Crippen LogP contribution in [0.4, 0.5) is 0 Å². The number of carbonyl (C=O) groups is 1. The minimum absolute atomic E-state index is 0.139. The smallest absolute Gasteiger partial charge is 0.262 e. The lowest BCUT2D eigenvalue weighted by Crippen LogP contribution is -2.43. The minimum Gasteiger partial charge on any atom is -0.352 e. The van der Waals surface area contributed by atoms with Crippen LogP contribution in [-0.4, -0.2) is 46.0 Å². The SMILES string of the molecule is C[C@@H]1CCc2c(sc3ncn(C4CCN(CC(=O)NC5CC5)CC4)c(=O)c23)C1. The van der Waals surface area contributed by atoms with Crippen LogP contribution in [0.1, 0.15) is 55.5 Å². The molecule has 1 N–H and O–H groups in total. The van der Waals surface area contributed by atoms with Gasteiger partial charge in [-0.1, -0.05) is 6.92 Å². The van der Waals surface area contributed by atoms with Gasteiger partial charge in [0.05, 0.1) is 18.3 Å². The summed E-state index contributed by atoms with van der Waals surface area (Å²) in [6.07, 6.45) is 9.04. The van der Waals surface area contributed by atoms with Gasteiger partial charge in [-0.25, -0.2) is 4.98 Å². The van der Waals surface area contributed by atoms with E-state index in [1.54, 1.807) is 17.7 Å². The average Bonchev–Trinajstić information content (AvgIpc) is 3.40. The molecule has 2 aliphatic carbocycles. The van der Waals surface area contributed by atoms with E-state index < -0.39 is 0 Å². The number of nitrogens with one attached hydrogen (secondary N) is 1. The number of aryl methyl sites for hydroxylation is 1. The Morgan fingerprint density at radius 3 is 2.79 bits per heavy atom. The molecule has 0 bridgehead atoms. The van der Waals surface area contributed by atoms with E-state index in [1.165, 1.54) is 10.4 Å². The molecule has 0 aromatic carbocycles. The maximum Gasteiger partial charge on any atom is 0.262 e. The highest BCUT2D eigenvalue weighted by Gasteiger charge is 2.28. The largest absolute Gasteiger partial charge is 0.352 e. The van der Waals surface area contributed by atoms with Gasteiger partial charge in [0.1, 0.15) is 4.83 Å². The van der Waals surface area contributed by atoms with Crippen molar-refractivity contribution in [2.24, 2.45) is 5.92 Å². The van der Waals surface area contributed by atoms with Gasteiger partial charge in [-0.2, -0.15) is 0 Å². The quantitative estimate of drug-likeness (QED) is 0.856. The van der Waals surface area contributed by atoms with Crippen LogP contribution in [0.25, 0.3) is 10.2 Å². The van der Waals surface area contributed by atoms with E-state index in [0.29, 0.717) is 18.5 Å². The molecule has 1 aliphatic heterocycles. The summed E-state index contributed by atoms with van der Waals surface area (Å²) in [5, 5.41) is 3.93. The number of carbonyl (C=O) groups excluding carboxylic acids is 1. The summed E-state index contributed by atoms with van der Waals surface area (Å²) in [4.78, 5) is 34.5. The summed E-state index contributed by atoms with van der Waals surface area (Å²) >= 11 is 1.71. The van der Waals surface area contributed by atoms with Gasteiger partial charge in [0, 0.05) is 30.1 Å². The molecule has 2 fully saturated rings. The Bertz CT molecular complexity index is 953. The van der Waals surface area contributed by atoms with Crippen molar-refractivity contribution in [3.05, 3.63) is 27.1 Å². The van der Waals surface area contributed by atoms with Crippen molar-refractivity contribution in [1.82, 2.24) is 19.8 Å². The number of hydrogen-bond donors (Lipinski definition) is 1. The van der Waals surface area contributed by atoms with Gasteiger partial charge < -0.3 is 5.32 Å². The third-order valence-corrected chi connectivity index (χ3v) is 7.66. The first-order valence-electron chi connectivity index (χ1n) is 10.6. The molecule has 6 nitrogen and oxygen atoms in total. The topological polar surface area (TPSA) is 67.2 Å². The molecule has 0 radical (unpaired) electrons. The number of amides is 1. The van der Waals surface area contributed by atoms with E-state index in [4.69, 9.17) is 0 Å². The molecule has 5 rings (SSSR count). The average molecular weight is 401 g/mol. The number of aromatic nitrogens is 2. The molecule has 7 heteroatoms. The lowest BCUT2D eigenvalue weighted by Gasteiger charge is -2.32. The number of piperidine rings is 1. The molecule has 3 aliphatic rings. The number of nitrogens with zero attached hydrogens (tertiary/aromatic N) is 3. The highest BCUT2D eigenvalue weighted by molar-refractivity contribution is 7.18. The monoisotopic (exact) mass is 400 g/mol. The molecule has 1 saturated carbocycles. The minimum atomic E-state index is 0.139. The highest BCUT2D eigenvalue weighted by atomic mass is 32.1. The predicted octanol–water partition coefficient (Wildman–Crippen LogP) is 2.50. The van der Waals surface area contributed by atoms with Gasteiger partial charge in [0.25, 0.3) is 5.56 Å². The molecule has 3 heterocycles. The fourth-order valence-corrected chi connectivity index (χ4v) is 6.00. The zero-order chi connectivity index (χ0) is 19.3. The van der Waals surface area contributed by atoms with Gasteiger partial charge in [0.15, 0.2) is 0 Å². The third kappa shape index (κ3) is 3.50. The van der Waals surface area contributed by atoms with Crippen LogP contribution in [0.5, 0.6) is 0 Å². The molecule has 28 heavy (non-hydrogen) atoms. The second-order valence-corrected chi connectivity index (χ2v) is 9.92. The summed E-state index contributed by atoms with van der Waals surface area (Å²) in [6.45, 7) is 4.47. The molecule has 1 amide bonds. The molecule has 2 aromatic rings. The number of thiophene rings is 1. The van der Waals surface area contributed by atoms with Gasteiger partial charge in [-0.3, -0.25) is 19.1 Å². The Kier molecular flexibility index (Phi) is 4.75. The molecule has 150 valence electrons. The maximum absolute atomic E-state index is 13.3. The lowest BCUT2D eigenvalue weighted by molar-refractivity contribution is -0.122. The van der Waals surface area contributed by atoms with Crippen LogP contribution >= 0.6 is 11.3 Å². The maximum atomic E-state index is 13.3. The first-order chi connectivity index (χ1) is 13.6. The molecule has 2 aromatic heterocycles. The van der Waals surface area contributed by atoms with Crippen molar-refractivity contribution in [3.8, 4) is 0 Å². The Morgan fingerprint density at radius 2 is 2.04 bits per heavy atom. The normalized spacial score (nSPS) is 23.7. The highest BCUT2D eigenvalue weighted by Crippen LogP contribution is 2.36. The van der Waals surface area contributed by atoms with Crippen molar-refractivity contribution in [1.29, 1.82) is 0 Å². The molecular weight excluding hydrogens is 372 g/mol. The summed E-state index contributed by atoms with van der Waals surface area (Å²) in [5.74, 6) is 0.838. The summed E-state index contributed by atoms with van der Waals surface area (Å²) in [7, 11) is 0. The van der Waals surface area contributed by atoms with Crippen LogP contribution < -0.4 is 10.9 Å². The van der Waals surface area contributed by atoms with Gasteiger partial charge >= 0.3 is 0 Å².